The first-order valence-electron chi connectivity index (χ1n) is 8.05. The fraction of sp³-hybridized carbons (Fsp3) is 0.263. The molecule has 0 aliphatic carbocycles. The maximum atomic E-state index is 5.49. The van der Waals surface area contributed by atoms with E-state index in [1.807, 2.05) is 18.3 Å². The molecule has 4 nitrogen and oxygen atoms in total. The number of aromatic amines is 1. The fourth-order valence-corrected chi connectivity index (χ4v) is 3.33. The van der Waals surface area contributed by atoms with Crippen LogP contribution in [0, 0.1) is 0 Å². The maximum Gasteiger partial charge on any atom is 0.142 e. The van der Waals surface area contributed by atoms with Crippen molar-refractivity contribution < 1.29 is 4.74 Å². The molecule has 0 bridgehead atoms. The second-order valence-corrected chi connectivity index (χ2v) is 5.90. The summed E-state index contributed by atoms with van der Waals surface area (Å²) in [6.07, 6.45) is 1.99. The molecule has 1 saturated heterocycles. The van der Waals surface area contributed by atoms with Crippen LogP contribution in [0.5, 0.6) is 5.75 Å². The minimum atomic E-state index is 0.953. The number of hydrogen-bond donors (Lipinski definition) is 1. The van der Waals surface area contributed by atoms with Crippen LogP contribution in [-0.4, -0.2) is 38.3 Å². The zero-order valence-corrected chi connectivity index (χ0v) is 13.3. The quantitative estimate of drug-likeness (QED) is 0.803. The molecule has 4 heteroatoms. The average molecular weight is 307 g/mol. The Morgan fingerprint density at radius 2 is 1.70 bits per heavy atom. The summed E-state index contributed by atoms with van der Waals surface area (Å²) in [6, 6.07) is 17.0. The lowest BCUT2D eigenvalue weighted by molar-refractivity contribution is 0.413. The summed E-state index contributed by atoms with van der Waals surface area (Å²) in [6.45, 7) is 4.05. The Kier molecular flexibility index (Phi) is 3.58. The number of ether oxygens (including phenoxy) is 1. The van der Waals surface area contributed by atoms with E-state index in [-0.39, 0.29) is 0 Å². The molecule has 0 unspecified atom stereocenters. The van der Waals surface area contributed by atoms with Crippen LogP contribution in [0.4, 0.5) is 11.4 Å². The van der Waals surface area contributed by atoms with Crippen molar-refractivity contribution in [2.45, 2.75) is 0 Å². The van der Waals surface area contributed by atoms with Crippen molar-refractivity contribution in [1.82, 2.24) is 4.98 Å². The Morgan fingerprint density at radius 1 is 0.913 bits per heavy atom. The average Bonchev–Trinajstić information content (AvgIpc) is 3.09. The Labute approximate surface area is 136 Å². The van der Waals surface area contributed by atoms with Gasteiger partial charge in [0.2, 0.25) is 0 Å². The number of para-hydroxylation sites is 2. The topological polar surface area (TPSA) is 31.5 Å². The SMILES string of the molecule is COc1ccccc1N1CCN(c2ccc3[nH]ccc3c2)CC1. The largest absolute Gasteiger partial charge is 0.495 e. The highest BCUT2D eigenvalue weighted by molar-refractivity contribution is 5.83. The minimum absolute atomic E-state index is 0.953. The maximum absolute atomic E-state index is 5.49. The Hall–Kier alpha value is -2.62. The van der Waals surface area contributed by atoms with Gasteiger partial charge in [0.15, 0.2) is 0 Å². The summed E-state index contributed by atoms with van der Waals surface area (Å²) in [7, 11) is 1.74. The van der Waals surface area contributed by atoms with Gasteiger partial charge in [0, 0.05) is 49.0 Å². The van der Waals surface area contributed by atoms with Gasteiger partial charge in [-0.1, -0.05) is 12.1 Å². The van der Waals surface area contributed by atoms with Crippen molar-refractivity contribution in [1.29, 1.82) is 0 Å². The van der Waals surface area contributed by atoms with Gasteiger partial charge in [-0.3, -0.25) is 0 Å². The van der Waals surface area contributed by atoms with Crippen molar-refractivity contribution in [2.75, 3.05) is 43.1 Å². The minimum Gasteiger partial charge on any atom is -0.495 e. The third-order valence-corrected chi connectivity index (χ3v) is 4.61. The van der Waals surface area contributed by atoms with Gasteiger partial charge in [-0.2, -0.15) is 0 Å². The van der Waals surface area contributed by atoms with E-state index in [1.165, 1.54) is 22.3 Å². The molecule has 0 amide bonds. The molecule has 0 atom stereocenters. The highest BCUT2D eigenvalue weighted by Crippen LogP contribution is 2.29. The Balaban J connectivity index is 1.50. The number of H-pyrrole nitrogens is 1. The number of benzene rings is 2. The van der Waals surface area contributed by atoms with E-state index in [2.05, 4.69) is 51.2 Å². The molecule has 0 radical (unpaired) electrons. The van der Waals surface area contributed by atoms with Crippen LogP contribution in [-0.2, 0) is 0 Å². The number of fused-ring (bicyclic) bond motifs is 1. The second-order valence-electron chi connectivity index (χ2n) is 5.90. The Morgan fingerprint density at radius 3 is 2.52 bits per heavy atom. The summed E-state index contributed by atoms with van der Waals surface area (Å²) in [4.78, 5) is 8.11. The third-order valence-electron chi connectivity index (χ3n) is 4.61. The van der Waals surface area contributed by atoms with Gasteiger partial charge in [-0.05, 0) is 36.4 Å². The molecule has 4 rings (SSSR count). The molecular formula is C19H21N3O. The molecule has 0 spiro atoms. The van der Waals surface area contributed by atoms with Gasteiger partial charge < -0.3 is 19.5 Å². The van der Waals surface area contributed by atoms with Gasteiger partial charge in [-0.15, -0.1) is 0 Å². The normalized spacial score (nSPS) is 15.2. The lowest BCUT2D eigenvalue weighted by Gasteiger charge is -2.37. The summed E-state index contributed by atoms with van der Waals surface area (Å²) in [5, 5.41) is 1.27. The fourth-order valence-electron chi connectivity index (χ4n) is 3.33. The second kappa shape index (κ2) is 5.88. The lowest BCUT2D eigenvalue weighted by Crippen LogP contribution is -2.46. The van der Waals surface area contributed by atoms with Gasteiger partial charge in [0.25, 0.3) is 0 Å². The molecule has 3 aromatic rings. The third kappa shape index (κ3) is 2.61. The molecule has 1 aliphatic heterocycles. The van der Waals surface area contributed by atoms with Crippen LogP contribution in [0.3, 0.4) is 0 Å². The number of aromatic nitrogens is 1. The summed E-state index contributed by atoms with van der Waals surface area (Å²) in [5.74, 6) is 0.953. The zero-order valence-electron chi connectivity index (χ0n) is 13.3. The molecule has 1 N–H and O–H groups in total. The molecule has 1 fully saturated rings. The molecule has 1 aliphatic rings. The number of hydrogen-bond acceptors (Lipinski definition) is 3. The van der Waals surface area contributed by atoms with Crippen LogP contribution in [0.25, 0.3) is 10.9 Å². The van der Waals surface area contributed by atoms with E-state index in [4.69, 9.17) is 4.74 Å². The van der Waals surface area contributed by atoms with Crippen LogP contribution >= 0.6 is 0 Å². The van der Waals surface area contributed by atoms with E-state index >= 15 is 0 Å². The predicted molar refractivity (Wildman–Crippen MR) is 95.7 cm³/mol. The first-order valence-corrected chi connectivity index (χ1v) is 8.05. The number of nitrogens with one attached hydrogen (secondary N) is 1. The summed E-state index contributed by atoms with van der Waals surface area (Å²) < 4.78 is 5.49. The molecular weight excluding hydrogens is 286 g/mol. The predicted octanol–water partition coefficient (Wildman–Crippen LogP) is 3.50. The molecule has 0 saturated carbocycles. The van der Waals surface area contributed by atoms with E-state index in [0.29, 0.717) is 0 Å². The molecule has 23 heavy (non-hydrogen) atoms. The van der Waals surface area contributed by atoms with Crippen molar-refractivity contribution in [2.24, 2.45) is 0 Å². The first kappa shape index (κ1) is 14.0. The van der Waals surface area contributed by atoms with Crippen LogP contribution in [0.1, 0.15) is 0 Å². The van der Waals surface area contributed by atoms with E-state index < -0.39 is 0 Å². The molecule has 118 valence electrons. The number of methoxy groups -OCH3 is 1. The molecule has 2 heterocycles. The highest BCUT2D eigenvalue weighted by atomic mass is 16.5. The summed E-state index contributed by atoms with van der Waals surface area (Å²) in [5.41, 5.74) is 3.69. The standard InChI is InChI=1S/C19H21N3O/c1-23-19-5-3-2-4-18(19)22-12-10-21(11-13-22)16-6-7-17-15(14-16)8-9-20-17/h2-9,14,20H,10-13H2,1H3. The number of nitrogens with zero attached hydrogens (tertiary/aromatic N) is 2. The van der Waals surface area contributed by atoms with Crippen LogP contribution < -0.4 is 14.5 Å². The van der Waals surface area contributed by atoms with Crippen LogP contribution in [0.15, 0.2) is 54.7 Å². The van der Waals surface area contributed by atoms with Crippen LogP contribution in [0.2, 0.25) is 0 Å². The first-order chi connectivity index (χ1) is 11.3. The highest BCUT2D eigenvalue weighted by Gasteiger charge is 2.19. The molecule has 2 aromatic carbocycles. The number of anilines is 2. The van der Waals surface area contributed by atoms with Gasteiger partial charge in [0.1, 0.15) is 5.75 Å². The van der Waals surface area contributed by atoms with Crippen molar-refractivity contribution in [3.8, 4) is 5.75 Å². The van der Waals surface area contributed by atoms with E-state index in [9.17, 15) is 0 Å². The van der Waals surface area contributed by atoms with Gasteiger partial charge in [-0.25, -0.2) is 0 Å². The van der Waals surface area contributed by atoms with Gasteiger partial charge in [0.05, 0.1) is 12.8 Å². The number of rotatable bonds is 3. The smallest absolute Gasteiger partial charge is 0.142 e. The number of piperazine rings is 1. The monoisotopic (exact) mass is 307 g/mol. The van der Waals surface area contributed by atoms with E-state index in [0.717, 1.165) is 31.9 Å². The van der Waals surface area contributed by atoms with Crippen molar-refractivity contribution in [3.63, 3.8) is 0 Å². The van der Waals surface area contributed by atoms with Gasteiger partial charge >= 0.3 is 0 Å². The van der Waals surface area contributed by atoms with Crippen molar-refractivity contribution in [3.05, 3.63) is 54.7 Å². The lowest BCUT2D eigenvalue weighted by atomic mass is 10.2. The molecule has 1 aromatic heterocycles. The Bertz CT molecular complexity index is 803. The summed E-state index contributed by atoms with van der Waals surface area (Å²) >= 11 is 0. The van der Waals surface area contributed by atoms with E-state index in [1.54, 1.807) is 7.11 Å². The zero-order chi connectivity index (χ0) is 15.6. The van der Waals surface area contributed by atoms with Crippen molar-refractivity contribution >= 4 is 22.3 Å².